The van der Waals surface area contributed by atoms with Crippen molar-refractivity contribution in [1.29, 1.82) is 0 Å². The molecule has 1 saturated heterocycles. The topological polar surface area (TPSA) is 15.3 Å². The number of rotatable bonds is 2. The molecule has 2 atom stereocenters. The second-order valence-electron chi connectivity index (χ2n) is 5.52. The monoisotopic (exact) mass is 232 g/mol. The molecule has 1 aliphatic rings. The molecule has 94 valence electrons. The van der Waals surface area contributed by atoms with Crippen molar-refractivity contribution in [3.8, 4) is 0 Å². The van der Waals surface area contributed by atoms with Gasteiger partial charge in [0.15, 0.2) is 0 Å². The minimum atomic E-state index is 0.608. The Morgan fingerprint density at radius 2 is 2.06 bits per heavy atom. The van der Waals surface area contributed by atoms with Crippen LogP contribution < -0.4 is 5.32 Å². The fraction of sp³-hybridized carbons (Fsp3) is 0.600. The molecule has 17 heavy (non-hydrogen) atoms. The molecule has 1 aromatic rings. The third kappa shape index (κ3) is 3.08. The number of benzene rings is 1. The molecule has 2 rings (SSSR count). The molecule has 0 amide bonds. The number of hydrogen-bond donors (Lipinski definition) is 1. The van der Waals surface area contributed by atoms with Crippen LogP contribution in [0.25, 0.3) is 0 Å². The normalized spacial score (nSPS) is 26.1. The van der Waals surface area contributed by atoms with Gasteiger partial charge in [0.2, 0.25) is 0 Å². The lowest BCUT2D eigenvalue weighted by Crippen LogP contribution is -2.53. The lowest BCUT2D eigenvalue weighted by Gasteiger charge is -2.37. The van der Waals surface area contributed by atoms with E-state index in [1.54, 1.807) is 0 Å². The van der Waals surface area contributed by atoms with E-state index in [9.17, 15) is 0 Å². The first kappa shape index (κ1) is 12.6. The van der Waals surface area contributed by atoms with Gasteiger partial charge in [-0.3, -0.25) is 4.90 Å². The molecular formula is C15H24N2. The first-order chi connectivity index (χ1) is 8.06. The van der Waals surface area contributed by atoms with Crippen molar-refractivity contribution in [1.82, 2.24) is 10.2 Å². The SMILES string of the molecule is Cc1ccc(CN2CC(C)NCC2C)c(C)c1. The smallest absolute Gasteiger partial charge is 0.0240 e. The summed E-state index contributed by atoms with van der Waals surface area (Å²) in [6.07, 6.45) is 0. The first-order valence-corrected chi connectivity index (χ1v) is 6.60. The maximum atomic E-state index is 3.53. The van der Waals surface area contributed by atoms with E-state index < -0.39 is 0 Å². The average molecular weight is 232 g/mol. The molecule has 0 aromatic heterocycles. The molecule has 2 unspecified atom stereocenters. The summed E-state index contributed by atoms with van der Waals surface area (Å²) in [5, 5.41) is 3.53. The van der Waals surface area contributed by atoms with Crippen LogP contribution in [0.1, 0.15) is 30.5 Å². The van der Waals surface area contributed by atoms with E-state index in [-0.39, 0.29) is 0 Å². The molecule has 1 aromatic carbocycles. The van der Waals surface area contributed by atoms with Gasteiger partial charge in [-0.25, -0.2) is 0 Å². The highest BCUT2D eigenvalue weighted by Gasteiger charge is 2.22. The summed E-state index contributed by atoms with van der Waals surface area (Å²) in [6.45, 7) is 12.3. The lowest BCUT2D eigenvalue weighted by atomic mass is 10.0. The molecule has 1 heterocycles. The van der Waals surface area contributed by atoms with Gasteiger partial charge >= 0.3 is 0 Å². The molecule has 1 fully saturated rings. The van der Waals surface area contributed by atoms with Crippen LogP contribution >= 0.6 is 0 Å². The molecule has 0 aliphatic carbocycles. The van der Waals surface area contributed by atoms with Crippen LogP contribution in [0.3, 0.4) is 0 Å². The van der Waals surface area contributed by atoms with Crippen LogP contribution in [0.15, 0.2) is 18.2 Å². The average Bonchev–Trinajstić information content (AvgIpc) is 2.27. The van der Waals surface area contributed by atoms with Gasteiger partial charge in [-0.05, 0) is 38.8 Å². The maximum Gasteiger partial charge on any atom is 0.0240 e. The van der Waals surface area contributed by atoms with Gasteiger partial charge in [0.05, 0.1) is 0 Å². The van der Waals surface area contributed by atoms with Gasteiger partial charge < -0.3 is 5.32 Å². The highest BCUT2D eigenvalue weighted by atomic mass is 15.2. The Kier molecular flexibility index (Phi) is 3.85. The fourth-order valence-corrected chi connectivity index (χ4v) is 2.56. The van der Waals surface area contributed by atoms with Crippen LogP contribution in [-0.4, -0.2) is 30.1 Å². The quantitative estimate of drug-likeness (QED) is 0.843. The van der Waals surface area contributed by atoms with E-state index in [1.807, 2.05) is 0 Å². The summed E-state index contributed by atoms with van der Waals surface area (Å²) < 4.78 is 0. The van der Waals surface area contributed by atoms with Crippen LogP contribution in [-0.2, 0) is 6.54 Å². The molecule has 0 saturated carbocycles. The Bertz CT molecular complexity index is 387. The first-order valence-electron chi connectivity index (χ1n) is 6.60. The van der Waals surface area contributed by atoms with Crippen molar-refractivity contribution in [3.63, 3.8) is 0 Å². The van der Waals surface area contributed by atoms with Crippen molar-refractivity contribution in [2.75, 3.05) is 13.1 Å². The number of hydrogen-bond acceptors (Lipinski definition) is 2. The Labute approximate surface area is 105 Å². The highest BCUT2D eigenvalue weighted by Crippen LogP contribution is 2.16. The molecule has 0 spiro atoms. The van der Waals surface area contributed by atoms with Gasteiger partial charge in [0.25, 0.3) is 0 Å². The second kappa shape index (κ2) is 5.19. The minimum Gasteiger partial charge on any atom is -0.311 e. The Morgan fingerprint density at radius 1 is 1.29 bits per heavy atom. The minimum absolute atomic E-state index is 0.608. The Morgan fingerprint density at radius 3 is 2.76 bits per heavy atom. The summed E-state index contributed by atoms with van der Waals surface area (Å²) >= 11 is 0. The van der Waals surface area contributed by atoms with E-state index >= 15 is 0 Å². The van der Waals surface area contributed by atoms with E-state index in [2.05, 4.69) is 56.1 Å². The molecular weight excluding hydrogens is 208 g/mol. The van der Waals surface area contributed by atoms with Crippen LogP contribution in [0.4, 0.5) is 0 Å². The fourth-order valence-electron chi connectivity index (χ4n) is 2.56. The van der Waals surface area contributed by atoms with E-state index in [0.29, 0.717) is 12.1 Å². The summed E-state index contributed by atoms with van der Waals surface area (Å²) in [6, 6.07) is 8.03. The van der Waals surface area contributed by atoms with E-state index in [1.165, 1.54) is 16.7 Å². The van der Waals surface area contributed by atoms with Crippen LogP contribution in [0, 0.1) is 13.8 Å². The van der Waals surface area contributed by atoms with Crippen molar-refractivity contribution in [2.45, 2.75) is 46.3 Å². The molecule has 0 radical (unpaired) electrons. The predicted molar refractivity (Wildman–Crippen MR) is 73.3 cm³/mol. The van der Waals surface area contributed by atoms with Gasteiger partial charge in [0, 0.05) is 31.7 Å². The van der Waals surface area contributed by atoms with Gasteiger partial charge in [-0.15, -0.1) is 0 Å². The maximum absolute atomic E-state index is 3.53. The predicted octanol–water partition coefficient (Wildman–Crippen LogP) is 2.49. The van der Waals surface area contributed by atoms with E-state index in [4.69, 9.17) is 0 Å². The zero-order valence-corrected chi connectivity index (χ0v) is 11.5. The Balaban J connectivity index is 2.08. The third-order valence-corrected chi connectivity index (χ3v) is 3.76. The molecule has 1 aliphatic heterocycles. The molecule has 1 N–H and O–H groups in total. The summed E-state index contributed by atoms with van der Waals surface area (Å²) in [4.78, 5) is 2.58. The summed E-state index contributed by atoms with van der Waals surface area (Å²) in [5.74, 6) is 0. The van der Waals surface area contributed by atoms with Crippen LogP contribution in [0.5, 0.6) is 0 Å². The van der Waals surface area contributed by atoms with Crippen molar-refractivity contribution >= 4 is 0 Å². The zero-order chi connectivity index (χ0) is 12.4. The number of piperazine rings is 1. The van der Waals surface area contributed by atoms with Gasteiger partial charge in [-0.2, -0.15) is 0 Å². The van der Waals surface area contributed by atoms with Crippen molar-refractivity contribution in [3.05, 3.63) is 34.9 Å². The summed E-state index contributed by atoms with van der Waals surface area (Å²) in [5.41, 5.74) is 4.24. The van der Waals surface area contributed by atoms with E-state index in [0.717, 1.165) is 19.6 Å². The van der Waals surface area contributed by atoms with Crippen molar-refractivity contribution in [2.24, 2.45) is 0 Å². The number of nitrogens with one attached hydrogen (secondary N) is 1. The Hall–Kier alpha value is -0.860. The van der Waals surface area contributed by atoms with Crippen LogP contribution in [0.2, 0.25) is 0 Å². The van der Waals surface area contributed by atoms with Crippen molar-refractivity contribution < 1.29 is 0 Å². The number of aryl methyl sites for hydroxylation is 2. The molecule has 2 nitrogen and oxygen atoms in total. The highest BCUT2D eigenvalue weighted by molar-refractivity contribution is 5.30. The lowest BCUT2D eigenvalue weighted by molar-refractivity contribution is 0.138. The molecule has 0 bridgehead atoms. The number of nitrogens with zero attached hydrogens (tertiary/aromatic N) is 1. The third-order valence-electron chi connectivity index (χ3n) is 3.76. The largest absolute Gasteiger partial charge is 0.311 e. The second-order valence-corrected chi connectivity index (χ2v) is 5.52. The van der Waals surface area contributed by atoms with Gasteiger partial charge in [-0.1, -0.05) is 23.8 Å². The zero-order valence-electron chi connectivity index (χ0n) is 11.5. The van der Waals surface area contributed by atoms with Gasteiger partial charge in [0.1, 0.15) is 0 Å². The standard InChI is InChI=1S/C15H24N2/c1-11-5-6-15(12(2)7-11)10-17-9-13(3)16-8-14(17)4/h5-7,13-14,16H,8-10H2,1-4H3. The summed E-state index contributed by atoms with van der Waals surface area (Å²) in [7, 11) is 0. The molecule has 2 heteroatoms.